The van der Waals surface area contributed by atoms with Crippen LogP contribution >= 0.6 is 0 Å². The maximum Gasteiger partial charge on any atom is 0.341 e. The van der Waals surface area contributed by atoms with E-state index in [1.165, 1.54) is 12.3 Å². The van der Waals surface area contributed by atoms with Crippen LogP contribution < -0.4 is 16.1 Å². The first-order valence-electron chi connectivity index (χ1n) is 9.40. The van der Waals surface area contributed by atoms with Gasteiger partial charge in [-0.1, -0.05) is 13.3 Å². The predicted octanol–water partition coefficient (Wildman–Crippen LogP) is 2.73. The summed E-state index contributed by atoms with van der Waals surface area (Å²) in [6.45, 7) is 7.55. The van der Waals surface area contributed by atoms with Crippen molar-refractivity contribution >= 4 is 22.6 Å². The van der Waals surface area contributed by atoms with Crippen LogP contribution in [0, 0.1) is 18.7 Å². The summed E-state index contributed by atoms with van der Waals surface area (Å²) in [4.78, 5) is 26.0. The van der Waals surface area contributed by atoms with Gasteiger partial charge in [-0.3, -0.25) is 4.79 Å². The van der Waals surface area contributed by atoms with E-state index in [-0.39, 0.29) is 22.9 Å². The van der Waals surface area contributed by atoms with E-state index in [9.17, 15) is 14.7 Å². The summed E-state index contributed by atoms with van der Waals surface area (Å²) >= 11 is 0. The van der Waals surface area contributed by atoms with E-state index in [4.69, 9.17) is 5.73 Å². The number of hydrogen-bond acceptors (Lipinski definition) is 4. The summed E-state index contributed by atoms with van der Waals surface area (Å²) in [6.07, 6.45) is 3.06. The van der Waals surface area contributed by atoms with E-state index >= 15 is 4.39 Å². The molecule has 1 aliphatic heterocycles. The first kappa shape index (κ1) is 19.4. The third-order valence-electron chi connectivity index (χ3n) is 5.73. The lowest BCUT2D eigenvalue weighted by molar-refractivity contribution is 0.0695. The zero-order valence-electron chi connectivity index (χ0n) is 16.0. The van der Waals surface area contributed by atoms with Gasteiger partial charge in [-0.15, -0.1) is 0 Å². The molecule has 0 radical (unpaired) electrons. The Morgan fingerprint density at radius 2 is 2.11 bits per heavy atom. The standard InChI is InChI=1S/C20H26FN3O3/c1-4-12-9-24(7-6-16(12)22)18-11(3)17-13(8-15(18)21)19(25)14(20(26)27)10-23(17)5-2/h8,10,12,16H,4-7,9,22H2,1-3H3,(H,26,27)/t12-,16-/m1/s1. The van der Waals surface area contributed by atoms with Gasteiger partial charge < -0.3 is 20.3 Å². The van der Waals surface area contributed by atoms with E-state index in [1.54, 1.807) is 11.5 Å². The fourth-order valence-corrected chi connectivity index (χ4v) is 4.20. The third kappa shape index (κ3) is 3.20. The van der Waals surface area contributed by atoms with Crippen molar-refractivity contribution in [3.05, 3.63) is 39.4 Å². The zero-order valence-corrected chi connectivity index (χ0v) is 16.0. The van der Waals surface area contributed by atoms with Crippen LogP contribution in [-0.2, 0) is 6.54 Å². The number of anilines is 1. The number of carbonyl (C=O) groups is 1. The number of nitrogens with two attached hydrogens (primary N) is 1. The summed E-state index contributed by atoms with van der Waals surface area (Å²) < 4.78 is 16.8. The van der Waals surface area contributed by atoms with Crippen molar-refractivity contribution in [1.82, 2.24) is 4.57 Å². The molecule has 7 heteroatoms. The molecule has 0 spiro atoms. The summed E-state index contributed by atoms with van der Waals surface area (Å²) in [6, 6.07) is 1.30. The van der Waals surface area contributed by atoms with Crippen molar-refractivity contribution in [2.45, 2.75) is 46.2 Å². The van der Waals surface area contributed by atoms with Gasteiger partial charge in [0.15, 0.2) is 0 Å². The van der Waals surface area contributed by atoms with Crippen molar-refractivity contribution in [3.63, 3.8) is 0 Å². The molecule has 0 aliphatic carbocycles. The number of pyridine rings is 1. The average Bonchev–Trinajstić information content (AvgIpc) is 2.63. The fraction of sp³-hybridized carbons (Fsp3) is 0.500. The highest BCUT2D eigenvalue weighted by Gasteiger charge is 2.29. The first-order valence-corrected chi connectivity index (χ1v) is 9.40. The topological polar surface area (TPSA) is 88.6 Å². The zero-order chi connectivity index (χ0) is 19.9. The van der Waals surface area contributed by atoms with Gasteiger partial charge in [0, 0.05) is 37.3 Å². The van der Waals surface area contributed by atoms with E-state index in [0.29, 0.717) is 36.4 Å². The Bertz CT molecular complexity index is 954. The molecule has 1 aliphatic rings. The fourth-order valence-electron chi connectivity index (χ4n) is 4.20. The van der Waals surface area contributed by atoms with Crippen LogP contribution in [0.4, 0.5) is 10.1 Å². The summed E-state index contributed by atoms with van der Waals surface area (Å²) in [5.74, 6) is -1.51. The van der Waals surface area contributed by atoms with Crippen LogP contribution in [0.3, 0.4) is 0 Å². The number of piperidine rings is 1. The molecule has 146 valence electrons. The number of hydrogen-bond donors (Lipinski definition) is 2. The molecule has 1 fully saturated rings. The molecular weight excluding hydrogens is 349 g/mol. The van der Waals surface area contributed by atoms with Crippen LogP contribution in [0.15, 0.2) is 17.1 Å². The van der Waals surface area contributed by atoms with Crippen LogP contribution in [-0.4, -0.2) is 34.8 Å². The Morgan fingerprint density at radius 1 is 1.41 bits per heavy atom. The lowest BCUT2D eigenvalue weighted by Gasteiger charge is -2.39. The molecule has 1 aromatic carbocycles. The molecular formula is C20H26FN3O3. The molecule has 0 bridgehead atoms. The lowest BCUT2D eigenvalue weighted by atomic mass is 9.90. The van der Waals surface area contributed by atoms with Crippen molar-refractivity contribution in [3.8, 4) is 0 Å². The Morgan fingerprint density at radius 3 is 2.70 bits per heavy atom. The van der Waals surface area contributed by atoms with Gasteiger partial charge in [0.25, 0.3) is 0 Å². The van der Waals surface area contributed by atoms with Crippen molar-refractivity contribution in [2.75, 3.05) is 18.0 Å². The second-order valence-electron chi connectivity index (χ2n) is 7.26. The quantitative estimate of drug-likeness (QED) is 0.858. The number of nitrogens with zero attached hydrogens (tertiary/aromatic N) is 2. The third-order valence-corrected chi connectivity index (χ3v) is 5.73. The van der Waals surface area contributed by atoms with Gasteiger partial charge in [0.1, 0.15) is 11.4 Å². The number of carboxylic acid groups (broad SMARTS) is 1. The van der Waals surface area contributed by atoms with Crippen molar-refractivity contribution in [1.29, 1.82) is 0 Å². The van der Waals surface area contributed by atoms with Gasteiger partial charge in [-0.25, -0.2) is 9.18 Å². The summed E-state index contributed by atoms with van der Waals surface area (Å²) in [5, 5.41) is 9.40. The number of carboxylic acids is 1. The number of benzene rings is 1. The van der Waals surface area contributed by atoms with Gasteiger partial charge in [-0.2, -0.15) is 0 Å². The van der Waals surface area contributed by atoms with E-state index in [1.807, 2.05) is 11.8 Å². The molecule has 6 nitrogen and oxygen atoms in total. The molecule has 3 rings (SSSR count). The van der Waals surface area contributed by atoms with E-state index in [2.05, 4.69) is 6.92 Å². The minimum atomic E-state index is -1.30. The van der Waals surface area contributed by atoms with E-state index < -0.39 is 17.2 Å². The average molecular weight is 375 g/mol. The number of aromatic nitrogens is 1. The maximum absolute atomic E-state index is 15.1. The van der Waals surface area contributed by atoms with Gasteiger partial charge >= 0.3 is 5.97 Å². The summed E-state index contributed by atoms with van der Waals surface area (Å²) in [5.41, 5.74) is 6.93. The molecule has 0 unspecified atom stereocenters. The molecule has 1 saturated heterocycles. The highest BCUT2D eigenvalue weighted by Crippen LogP contribution is 2.33. The van der Waals surface area contributed by atoms with Crippen molar-refractivity contribution in [2.24, 2.45) is 11.7 Å². The second kappa shape index (κ2) is 7.31. The number of fused-ring (bicyclic) bond motifs is 1. The Hall–Kier alpha value is -2.41. The predicted molar refractivity (Wildman–Crippen MR) is 104 cm³/mol. The van der Waals surface area contributed by atoms with Crippen LogP contribution in [0.2, 0.25) is 0 Å². The molecule has 27 heavy (non-hydrogen) atoms. The van der Waals surface area contributed by atoms with Gasteiger partial charge in [-0.05, 0) is 37.8 Å². The molecule has 2 atom stereocenters. The highest BCUT2D eigenvalue weighted by atomic mass is 19.1. The molecule has 0 amide bonds. The minimum absolute atomic E-state index is 0.108. The number of rotatable bonds is 4. The van der Waals surface area contributed by atoms with Crippen LogP contribution in [0.5, 0.6) is 0 Å². The maximum atomic E-state index is 15.1. The van der Waals surface area contributed by atoms with Crippen LogP contribution in [0.25, 0.3) is 10.9 Å². The van der Waals surface area contributed by atoms with E-state index in [0.717, 1.165) is 12.8 Å². The number of halogens is 1. The Balaban J connectivity index is 2.24. The smallest absolute Gasteiger partial charge is 0.341 e. The SMILES string of the molecule is CC[C@@H]1CN(c2c(F)cc3c(=O)c(C(=O)O)cn(CC)c3c2C)CC[C@H]1N. The van der Waals surface area contributed by atoms with Crippen molar-refractivity contribution < 1.29 is 14.3 Å². The largest absolute Gasteiger partial charge is 0.477 e. The first-order chi connectivity index (χ1) is 12.8. The van der Waals surface area contributed by atoms with Gasteiger partial charge in [0.05, 0.1) is 11.2 Å². The van der Waals surface area contributed by atoms with Gasteiger partial charge in [0.2, 0.25) is 5.43 Å². The van der Waals surface area contributed by atoms with Crippen LogP contribution in [0.1, 0.15) is 42.6 Å². The monoisotopic (exact) mass is 375 g/mol. The number of aryl methyl sites for hydroxylation is 2. The lowest BCUT2D eigenvalue weighted by Crippen LogP contribution is -2.47. The normalized spacial score (nSPS) is 20.3. The second-order valence-corrected chi connectivity index (χ2v) is 7.26. The highest BCUT2D eigenvalue weighted by molar-refractivity contribution is 5.95. The molecule has 3 N–H and O–H groups in total. The molecule has 2 heterocycles. The minimum Gasteiger partial charge on any atom is -0.477 e. The number of aromatic carboxylic acids is 1. The molecule has 1 aromatic heterocycles. The molecule has 2 aromatic rings. The molecule has 0 saturated carbocycles. The Kier molecular flexibility index (Phi) is 5.24. The summed E-state index contributed by atoms with van der Waals surface area (Å²) in [7, 11) is 0. The Labute approximate surface area is 157 Å².